The van der Waals surface area contributed by atoms with Gasteiger partial charge in [-0.25, -0.2) is 4.98 Å². The van der Waals surface area contributed by atoms with Crippen molar-refractivity contribution in [3.8, 4) is 22.5 Å². The van der Waals surface area contributed by atoms with Gasteiger partial charge in [0.25, 0.3) is 0 Å². The molecule has 6 aromatic carbocycles. The van der Waals surface area contributed by atoms with E-state index >= 15 is 0 Å². The number of hydrogen-bond acceptors (Lipinski definition) is 6. The minimum Gasteiger partial charge on any atom is -0.381 e. The molecule has 7 heteroatoms. The maximum atomic E-state index is 5.37. The molecule has 2 aromatic heterocycles. The third-order valence-electron chi connectivity index (χ3n) is 15.1. The van der Waals surface area contributed by atoms with Crippen LogP contribution in [-0.4, -0.2) is 28.3 Å². The monoisotopic (exact) mass is 1040 g/mol. The van der Waals surface area contributed by atoms with Crippen molar-refractivity contribution in [3.63, 3.8) is 0 Å². The third kappa shape index (κ3) is 14.6. The van der Waals surface area contributed by atoms with Crippen LogP contribution in [0.3, 0.4) is 0 Å². The van der Waals surface area contributed by atoms with Crippen LogP contribution in [0.5, 0.6) is 0 Å². The average Bonchev–Trinajstić information content (AvgIpc) is 4.07. The van der Waals surface area contributed by atoms with Gasteiger partial charge in [-0.05, 0) is 131 Å². The Morgan fingerprint density at radius 2 is 0.937 bits per heavy atom. The molecule has 4 heterocycles. The van der Waals surface area contributed by atoms with Crippen molar-refractivity contribution in [2.45, 2.75) is 163 Å². The number of pyridine rings is 2. The van der Waals surface area contributed by atoms with E-state index in [2.05, 4.69) is 252 Å². The van der Waals surface area contributed by atoms with Crippen molar-refractivity contribution < 1.29 is 18.9 Å². The Morgan fingerprint density at radius 3 is 1.43 bits per heavy atom. The molecule has 2 aliphatic heterocycles. The molecular formula is C72H85LiN6. The molecule has 2 aliphatic rings. The van der Waals surface area contributed by atoms with Crippen LogP contribution in [0.25, 0.3) is 22.5 Å². The van der Waals surface area contributed by atoms with E-state index in [0.717, 1.165) is 46.9 Å². The summed E-state index contributed by atoms with van der Waals surface area (Å²) in [7, 11) is 0. The first-order valence-electron chi connectivity index (χ1n) is 28.8. The van der Waals surface area contributed by atoms with Crippen molar-refractivity contribution in [3.05, 3.63) is 225 Å². The van der Waals surface area contributed by atoms with Crippen molar-refractivity contribution in [1.29, 1.82) is 0 Å². The van der Waals surface area contributed by atoms with Gasteiger partial charge in [0.2, 0.25) is 0 Å². The molecule has 0 saturated heterocycles. The molecule has 0 aliphatic carbocycles. The van der Waals surface area contributed by atoms with Gasteiger partial charge < -0.3 is 16.0 Å². The zero-order valence-corrected chi connectivity index (χ0v) is 50.0. The first-order chi connectivity index (χ1) is 37.5. The fourth-order valence-electron chi connectivity index (χ4n) is 11.0. The number of aromatic nitrogens is 2. The number of nitrogens with zero attached hydrogens (tertiary/aromatic N) is 3. The van der Waals surface area contributed by atoms with Crippen LogP contribution in [0.15, 0.2) is 163 Å². The van der Waals surface area contributed by atoms with E-state index in [9.17, 15) is 0 Å². The Morgan fingerprint density at radius 1 is 0.481 bits per heavy atom. The summed E-state index contributed by atoms with van der Waals surface area (Å²) >= 11 is 0. The second kappa shape index (κ2) is 27.4. The Labute approximate surface area is 487 Å². The van der Waals surface area contributed by atoms with Crippen LogP contribution in [0.1, 0.15) is 200 Å². The van der Waals surface area contributed by atoms with Gasteiger partial charge in [0.05, 0.1) is 40.7 Å². The first kappa shape index (κ1) is 59.9. The summed E-state index contributed by atoms with van der Waals surface area (Å²) in [5.74, 6) is 2.68. The van der Waals surface area contributed by atoms with Crippen molar-refractivity contribution in [2.24, 2.45) is 4.99 Å². The maximum Gasteiger partial charge on any atom is 1.00 e. The molecule has 0 spiro atoms. The number of fused-ring (bicyclic) bond motifs is 2. The number of para-hydroxylation sites is 4. The van der Waals surface area contributed by atoms with E-state index in [4.69, 9.17) is 15.0 Å². The normalized spacial score (nSPS) is 14.8. The Bertz CT molecular complexity index is 3250. The summed E-state index contributed by atoms with van der Waals surface area (Å²) in [6.45, 7) is 31.4. The molecule has 0 saturated carbocycles. The predicted molar refractivity (Wildman–Crippen MR) is 335 cm³/mol. The van der Waals surface area contributed by atoms with E-state index < -0.39 is 0 Å². The SMILES string of the molecule is CC(C)c1[c-]cccc1.CC(C)c1cccc(C(C)C)c1N=Cc1cccc(-c2cccc3c2N[C@H](C)C3)n1.CC(C)c1ccccc1[C@H](Nc1c(C(C)C)cccc1C(C)C)c1cccc(-c2cccc3c2N[C@H](C)C3)n1.[Li+]. The molecule has 0 amide bonds. The minimum atomic E-state index is -0.0791. The second-order valence-corrected chi connectivity index (χ2v) is 23.4. The van der Waals surface area contributed by atoms with Crippen LogP contribution < -0.4 is 34.8 Å². The van der Waals surface area contributed by atoms with E-state index in [1.165, 1.54) is 72.7 Å². The quantitative estimate of drug-likeness (QED) is 0.0575. The van der Waals surface area contributed by atoms with Gasteiger partial charge in [0.15, 0.2) is 0 Å². The number of anilines is 3. The maximum absolute atomic E-state index is 5.37. The molecule has 404 valence electrons. The van der Waals surface area contributed by atoms with Crippen LogP contribution in [-0.2, 0) is 12.8 Å². The summed E-state index contributed by atoms with van der Waals surface area (Å²) in [4.78, 5) is 15.2. The molecule has 3 N–H and O–H groups in total. The van der Waals surface area contributed by atoms with E-state index in [1.54, 1.807) is 0 Å². The van der Waals surface area contributed by atoms with Gasteiger partial charge >= 0.3 is 18.9 Å². The number of nitrogens with one attached hydrogen (secondary N) is 3. The summed E-state index contributed by atoms with van der Waals surface area (Å²) < 4.78 is 0. The summed E-state index contributed by atoms with van der Waals surface area (Å²) in [5.41, 5.74) is 23.0. The molecule has 0 unspecified atom stereocenters. The summed E-state index contributed by atoms with van der Waals surface area (Å²) in [6, 6.07) is 60.0. The van der Waals surface area contributed by atoms with Gasteiger partial charge in [0.1, 0.15) is 0 Å². The Balaban J connectivity index is 0.000000199. The molecule has 0 bridgehead atoms. The third-order valence-corrected chi connectivity index (χ3v) is 15.1. The van der Waals surface area contributed by atoms with Crippen molar-refractivity contribution in [2.75, 3.05) is 16.0 Å². The van der Waals surface area contributed by atoms with E-state index in [0.29, 0.717) is 47.6 Å². The Hall–Kier alpha value is -6.71. The van der Waals surface area contributed by atoms with Gasteiger partial charge in [-0.2, -0.15) is 35.9 Å². The predicted octanol–water partition coefficient (Wildman–Crippen LogP) is 16.4. The largest absolute Gasteiger partial charge is 1.00 e. The van der Waals surface area contributed by atoms with Crippen LogP contribution in [0, 0.1) is 6.07 Å². The fourth-order valence-corrected chi connectivity index (χ4v) is 11.0. The van der Waals surface area contributed by atoms with Crippen molar-refractivity contribution in [1.82, 2.24) is 9.97 Å². The molecule has 8 aromatic rings. The standard InChI is InChI=1S/C36H43N3.C27H31N3.C9H11.Li/c1-22(2)27-14-8-9-15-30(27)36(39-35-28(23(3)4)16-11-17-29(35)24(5)6)33-20-12-19-32(38-33)31-18-10-13-26-21-25(7)37-34(26)31;1-17(2)22-11-8-12-23(18(3)4)27(22)28-16-21-10-7-14-25(30-21)24-13-6-9-20-15-19(5)29-26(20)24;1-8(2)9-6-4-3-5-7-9;/h8-20,22-25,36-37,39H,21H2,1-7H3;6-14,16-19,29H,15H2,1-5H3;3-6,8H,1-2H3;/q;;-1;+1/t25-,36+;19-;;/m11../s1. The van der Waals surface area contributed by atoms with Crippen LogP contribution >= 0.6 is 0 Å². The smallest absolute Gasteiger partial charge is 0.381 e. The molecule has 79 heavy (non-hydrogen) atoms. The molecule has 0 fully saturated rings. The average molecular weight is 1040 g/mol. The fraction of sp³-hybridized carbons (Fsp3) is 0.347. The number of hydrogen-bond donors (Lipinski definition) is 3. The summed E-state index contributed by atoms with van der Waals surface area (Å²) in [5, 5.41) is 11.4. The van der Waals surface area contributed by atoms with Crippen molar-refractivity contribution >= 4 is 29.0 Å². The molecule has 3 atom stereocenters. The summed E-state index contributed by atoms with van der Waals surface area (Å²) in [6.07, 6.45) is 4.03. The zero-order chi connectivity index (χ0) is 55.6. The molecule has 0 radical (unpaired) electrons. The number of rotatable bonds is 14. The molecular weight excluding hydrogens is 956 g/mol. The second-order valence-electron chi connectivity index (χ2n) is 23.4. The van der Waals surface area contributed by atoms with Crippen LogP contribution in [0.2, 0.25) is 0 Å². The van der Waals surface area contributed by atoms with Gasteiger partial charge in [0, 0.05) is 40.3 Å². The van der Waals surface area contributed by atoms with Gasteiger partial charge in [-0.1, -0.05) is 192 Å². The van der Waals surface area contributed by atoms with Gasteiger partial charge in [-0.15, -0.1) is 0 Å². The number of aliphatic imine (C=N–C) groups is 1. The zero-order valence-electron chi connectivity index (χ0n) is 50.0. The molecule has 6 nitrogen and oxygen atoms in total. The van der Waals surface area contributed by atoms with Gasteiger partial charge in [-0.3, -0.25) is 9.98 Å². The number of benzene rings is 6. The Kier molecular flexibility index (Phi) is 20.8. The van der Waals surface area contributed by atoms with E-state index in [1.807, 2.05) is 30.5 Å². The van der Waals surface area contributed by atoms with Crippen LogP contribution in [0.4, 0.5) is 22.7 Å². The first-order valence-corrected chi connectivity index (χ1v) is 28.8. The topological polar surface area (TPSA) is 74.2 Å². The van der Waals surface area contributed by atoms with E-state index in [-0.39, 0.29) is 24.9 Å². The minimum absolute atomic E-state index is 0. The molecule has 10 rings (SSSR count).